The quantitative estimate of drug-likeness (QED) is 0.834. The summed E-state index contributed by atoms with van der Waals surface area (Å²) in [4.78, 5) is 29.5. The molecule has 3 aliphatic rings. The van der Waals surface area contributed by atoms with Crippen molar-refractivity contribution in [1.29, 1.82) is 0 Å². The standard InChI is InChI=1S/C19H24N2O3/c1-2-21-16-6-4-3-5-15(16)19(18(21)23)8-10-20(11-9-19)17(22)14-7-12-24-13-14/h3-6,14H,2,7-13H2,1H3/t14-/m0/s1. The topological polar surface area (TPSA) is 49.9 Å². The molecule has 128 valence electrons. The van der Waals surface area contributed by atoms with E-state index in [4.69, 9.17) is 4.74 Å². The summed E-state index contributed by atoms with van der Waals surface area (Å²) in [6, 6.07) is 8.14. The zero-order valence-corrected chi connectivity index (χ0v) is 14.2. The van der Waals surface area contributed by atoms with Crippen LogP contribution in [-0.4, -0.2) is 49.6 Å². The van der Waals surface area contributed by atoms with E-state index in [1.165, 1.54) is 0 Å². The fraction of sp³-hybridized carbons (Fsp3) is 0.579. The molecule has 0 aromatic heterocycles. The molecule has 0 saturated carbocycles. The Morgan fingerprint density at radius 1 is 1.29 bits per heavy atom. The average molecular weight is 328 g/mol. The molecule has 1 spiro atoms. The average Bonchev–Trinajstić information content (AvgIpc) is 3.23. The van der Waals surface area contributed by atoms with Crippen molar-refractivity contribution in [2.45, 2.75) is 31.6 Å². The second-order valence-corrected chi connectivity index (χ2v) is 7.03. The van der Waals surface area contributed by atoms with Gasteiger partial charge in [-0.1, -0.05) is 18.2 Å². The number of hydrogen-bond donors (Lipinski definition) is 0. The molecule has 0 unspecified atom stereocenters. The number of rotatable bonds is 2. The van der Waals surface area contributed by atoms with Crippen LogP contribution in [0.2, 0.25) is 0 Å². The molecule has 24 heavy (non-hydrogen) atoms. The number of likely N-dealkylation sites (N-methyl/N-ethyl adjacent to an activating group) is 1. The lowest BCUT2D eigenvalue weighted by atomic mass is 9.73. The van der Waals surface area contributed by atoms with Crippen LogP contribution in [0.1, 0.15) is 31.7 Å². The monoisotopic (exact) mass is 328 g/mol. The predicted octanol–water partition coefficient (Wildman–Crippen LogP) is 1.95. The maximum Gasteiger partial charge on any atom is 0.237 e. The first kappa shape index (κ1) is 15.6. The maximum absolute atomic E-state index is 13.1. The molecule has 3 heterocycles. The summed E-state index contributed by atoms with van der Waals surface area (Å²) in [5, 5.41) is 0. The van der Waals surface area contributed by atoms with Gasteiger partial charge < -0.3 is 14.5 Å². The number of likely N-dealkylation sites (tertiary alicyclic amines) is 1. The fourth-order valence-corrected chi connectivity index (χ4v) is 4.49. The van der Waals surface area contributed by atoms with E-state index in [1.807, 2.05) is 34.9 Å². The Hall–Kier alpha value is -1.88. The highest BCUT2D eigenvalue weighted by molar-refractivity contribution is 6.08. The van der Waals surface area contributed by atoms with Gasteiger partial charge in [-0.2, -0.15) is 0 Å². The number of fused-ring (bicyclic) bond motifs is 2. The molecule has 5 nitrogen and oxygen atoms in total. The zero-order chi connectivity index (χ0) is 16.7. The van der Waals surface area contributed by atoms with E-state index in [0.717, 1.165) is 30.5 Å². The molecular formula is C19H24N2O3. The van der Waals surface area contributed by atoms with E-state index in [1.54, 1.807) is 0 Å². The first-order chi connectivity index (χ1) is 11.7. The van der Waals surface area contributed by atoms with Crippen LogP contribution in [0.4, 0.5) is 5.69 Å². The number of piperidine rings is 1. The molecule has 2 fully saturated rings. The molecular weight excluding hydrogens is 304 g/mol. The molecule has 0 N–H and O–H groups in total. The van der Waals surface area contributed by atoms with Crippen LogP contribution >= 0.6 is 0 Å². The Morgan fingerprint density at radius 3 is 2.71 bits per heavy atom. The molecule has 0 bridgehead atoms. The van der Waals surface area contributed by atoms with Gasteiger partial charge >= 0.3 is 0 Å². The van der Waals surface area contributed by atoms with Crippen molar-refractivity contribution in [3.05, 3.63) is 29.8 Å². The van der Waals surface area contributed by atoms with Crippen LogP contribution in [0.15, 0.2) is 24.3 Å². The van der Waals surface area contributed by atoms with Crippen LogP contribution in [0.3, 0.4) is 0 Å². The number of nitrogens with zero attached hydrogens (tertiary/aromatic N) is 2. The molecule has 2 saturated heterocycles. The van der Waals surface area contributed by atoms with E-state index in [9.17, 15) is 9.59 Å². The van der Waals surface area contributed by atoms with E-state index in [-0.39, 0.29) is 17.7 Å². The van der Waals surface area contributed by atoms with Gasteiger partial charge in [0, 0.05) is 31.9 Å². The van der Waals surface area contributed by atoms with Gasteiger partial charge in [-0.3, -0.25) is 9.59 Å². The molecule has 2 amide bonds. The molecule has 0 radical (unpaired) electrons. The Morgan fingerprint density at radius 2 is 2.04 bits per heavy atom. The van der Waals surface area contributed by atoms with Crippen LogP contribution < -0.4 is 4.90 Å². The van der Waals surface area contributed by atoms with Crippen LogP contribution in [0, 0.1) is 5.92 Å². The van der Waals surface area contributed by atoms with Crippen LogP contribution in [0.5, 0.6) is 0 Å². The van der Waals surface area contributed by atoms with Gasteiger partial charge in [0.25, 0.3) is 0 Å². The van der Waals surface area contributed by atoms with Crippen molar-refractivity contribution in [2.24, 2.45) is 5.92 Å². The highest BCUT2D eigenvalue weighted by atomic mass is 16.5. The number of carbonyl (C=O) groups is 2. The minimum atomic E-state index is -0.435. The summed E-state index contributed by atoms with van der Waals surface area (Å²) in [6.07, 6.45) is 2.27. The number of benzene rings is 1. The largest absolute Gasteiger partial charge is 0.381 e. The van der Waals surface area contributed by atoms with Crippen molar-refractivity contribution in [2.75, 3.05) is 37.7 Å². The molecule has 5 heteroatoms. The third kappa shape index (κ3) is 2.18. The van der Waals surface area contributed by atoms with Crippen molar-refractivity contribution in [1.82, 2.24) is 4.90 Å². The van der Waals surface area contributed by atoms with Crippen molar-refractivity contribution >= 4 is 17.5 Å². The lowest BCUT2D eigenvalue weighted by Crippen LogP contribution is -2.51. The third-order valence-electron chi connectivity index (χ3n) is 5.89. The van der Waals surface area contributed by atoms with Crippen molar-refractivity contribution < 1.29 is 14.3 Å². The van der Waals surface area contributed by atoms with E-state index in [2.05, 4.69) is 6.07 Å². The van der Waals surface area contributed by atoms with Crippen LogP contribution in [0.25, 0.3) is 0 Å². The normalized spacial score (nSPS) is 25.4. The van der Waals surface area contributed by atoms with Crippen molar-refractivity contribution in [3.8, 4) is 0 Å². The second kappa shape index (κ2) is 5.88. The lowest BCUT2D eigenvalue weighted by molar-refractivity contribution is -0.139. The smallest absolute Gasteiger partial charge is 0.237 e. The third-order valence-corrected chi connectivity index (χ3v) is 5.89. The fourth-order valence-electron chi connectivity index (χ4n) is 4.49. The van der Waals surface area contributed by atoms with Crippen LogP contribution in [-0.2, 0) is 19.7 Å². The molecule has 1 atom stereocenters. The minimum Gasteiger partial charge on any atom is -0.381 e. The van der Waals surface area contributed by atoms with Gasteiger partial charge in [-0.25, -0.2) is 0 Å². The number of hydrogen-bond acceptors (Lipinski definition) is 3. The Bertz CT molecular complexity index is 658. The summed E-state index contributed by atoms with van der Waals surface area (Å²) in [6.45, 7) is 5.27. The number of carbonyl (C=O) groups excluding carboxylic acids is 2. The van der Waals surface area contributed by atoms with Gasteiger partial charge in [0.15, 0.2) is 0 Å². The van der Waals surface area contributed by atoms with Gasteiger partial charge in [-0.05, 0) is 37.8 Å². The summed E-state index contributed by atoms with van der Waals surface area (Å²) >= 11 is 0. The summed E-state index contributed by atoms with van der Waals surface area (Å²) < 4.78 is 5.35. The lowest BCUT2D eigenvalue weighted by Gasteiger charge is -2.39. The maximum atomic E-state index is 13.1. The number of ether oxygens (including phenoxy) is 1. The van der Waals surface area contributed by atoms with E-state index >= 15 is 0 Å². The minimum absolute atomic E-state index is 0.0118. The SMILES string of the molecule is CCN1C(=O)C2(CCN(C(=O)[C@H]3CCOC3)CC2)c2ccccc21. The van der Waals surface area contributed by atoms with Gasteiger partial charge in [0.2, 0.25) is 11.8 Å². The van der Waals surface area contributed by atoms with Gasteiger partial charge in [-0.15, -0.1) is 0 Å². The first-order valence-corrected chi connectivity index (χ1v) is 8.95. The Kier molecular flexibility index (Phi) is 3.83. The molecule has 4 rings (SSSR count). The molecule has 3 aliphatic heterocycles. The van der Waals surface area contributed by atoms with E-state index in [0.29, 0.717) is 32.8 Å². The molecule has 1 aromatic rings. The predicted molar refractivity (Wildman–Crippen MR) is 90.9 cm³/mol. The molecule has 1 aromatic carbocycles. The Balaban J connectivity index is 1.56. The number of para-hydroxylation sites is 1. The van der Waals surface area contributed by atoms with Gasteiger partial charge in [0.05, 0.1) is 17.9 Å². The number of amides is 2. The van der Waals surface area contributed by atoms with Crippen molar-refractivity contribution in [3.63, 3.8) is 0 Å². The summed E-state index contributed by atoms with van der Waals surface area (Å²) in [5.74, 6) is 0.425. The summed E-state index contributed by atoms with van der Waals surface area (Å²) in [7, 11) is 0. The molecule has 0 aliphatic carbocycles. The summed E-state index contributed by atoms with van der Waals surface area (Å²) in [5.41, 5.74) is 1.76. The Labute approximate surface area is 142 Å². The highest BCUT2D eigenvalue weighted by Gasteiger charge is 2.52. The zero-order valence-electron chi connectivity index (χ0n) is 14.2. The van der Waals surface area contributed by atoms with Gasteiger partial charge in [0.1, 0.15) is 0 Å². The van der Waals surface area contributed by atoms with E-state index < -0.39 is 5.41 Å². The first-order valence-electron chi connectivity index (χ1n) is 8.95. The second-order valence-electron chi connectivity index (χ2n) is 7.03. The highest BCUT2D eigenvalue weighted by Crippen LogP contribution is 2.47. The number of anilines is 1.